The van der Waals surface area contributed by atoms with Crippen LogP contribution >= 0.6 is 58.6 Å². The van der Waals surface area contributed by atoms with Crippen LogP contribution in [0.1, 0.15) is 11.1 Å². The van der Waals surface area contributed by atoms with E-state index in [-0.39, 0.29) is 0 Å². The molecule has 4 aromatic rings. The fourth-order valence-corrected chi connectivity index (χ4v) is 5.32. The number of halogens is 4. The maximum absolute atomic E-state index is 10.7. The molecule has 0 radical (unpaired) electrons. The topological polar surface area (TPSA) is 190 Å². The van der Waals surface area contributed by atoms with Crippen molar-refractivity contribution in [2.24, 2.45) is 11.5 Å². The lowest BCUT2D eigenvalue weighted by atomic mass is 10.1. The third-order valence-electron chi connectivity index (χ3n) is 6.80. The number of fused-ring (bicyclic) bond motifs is 1. The Labute approximate surface area is 304 Å². The van der Waals surface area contributed by atoms with Gasteiger partial charge in [-0.3, -0.25) is 9.59 Å². The molecule has 0 fully saturated rings. The Kier molecular flexibility index (Phi) is 19.2. The Morgan fingerprint density at radius 1 is 0.688 bits per heavy atom. The number of alkyl halides is 4. The maximum Gasteiger partial charge on any atom is 0.320 e. The van der Waals surface area contributed by atoms with Gasteiger partial charge in [0.15, 0.2) is 10.3 Å². The largest absolute Gasteiger partial charge is 0.480 e. The summed E-state index contributed by atoms with van der Waals surface area (Å²) < 4.78 is 0.547. The quantitative estimate of drug-likeness (QED) is 0.0675. The molecule has 4 rings (SSSR count). The summed E-state index contributed by atoms with van der Waals surface area (Å²) in [4.78, 5) is 39.1. The predicted molar refractivity (Wildman–Crippen MR) is 198 cm³/mol. The van der Waals surface area contributed by atoms with E-state index in [0.717, 1.165) is 59.8 Å². The Hall–Kier alpha value is -3.17. The van der Waals surface area contributed by atoms with E-state index < -0.39 is 24.0 Å². The van der Waals surface area contributed by atoms with E-state index in [9.17, 15) is 9.59 Å². The van der Waals surface area contributed by atoms with Crippen molar-refractivity contribution in [2.75, 3.05) is 59.5 Å². The highest BCUT2D eigenvalue weighted by Crippen LogP contribution is 2.17. The fourth-order valence-electron chi connectivity index (χ4n) is 4.30. The van der Waals surface area contributed by atoms with Crippen LogP contribution in [-0.4, -0.2) is 104 Å². The van der Waals surface area contributed by atoms with Gasteiger partial charge in [-0.1, -0.05) is 36.5 Å². The first-order chi connectivity index (χ1) is 23.0. The Morgan fingerprint density at radius 3 is 1.40 bits per heavy atom. The number of H-pyrrole nitrogens is 2. The molecule has 0 amide bonds. The zero-order valence-corrected chi connectivity index (χ0v) is 29.9. The van der Waals surface area contributed by atoms with Crippen LogP contribution < -0.4 is 21.3 Å². The SMILES string of the molecule is N[C@@H](Cc1ccc(N(CCCl)CCCl)cc1)C(=O)O.N[C@@H](Cc1ccc(N(CCCl)CCCl)cc1)C(=O)O.S=c1nc[nH]c2nc[nH]c12. The molecule has 0 aliphatic carbocycles. The first-order valence-corrected chi connectivity index (χ1v) is 17.3. The third kappa shape index (κ3) is 14.1. The van der Waals surface area contributed by atoms with Crippen molar-refractivity contribution in [3.05, 3.63) is 77.0 Å². The van der Waals surface area contributed by atoms with Gasteiger partial charge in [0.2, 0.25) is 0 Å². The monoisotopic (exact) mass is 760 g/mol. The second-order valence-electron chi connectivity index (χ2n) is 10.2. The highest BCUT2D eigenvalue weighted by molar-refractivity contribution is 7.71. The molecule has 2 aromatic heterocycles. The molecule has 0 spiro atoms. The molecule has 0 saturated heterocycles. The van der Waals surface area contributed by atoms with Gasteiger partial charge in [-0.2, -0.15) is 0 Å². The van der Waals surface area contributed by atoms with Gasteiger partial charge >= 0.3 is 11.9 Å². The Balaban J connectivity index is 0.000000261. The number of aromatic amines is 2. The van der Waals surface area contributed by atoms with E-state index in [4.69, 9.17) is 80.3 Å². The van der Waals surface area contributed by atoms with Crippen molar-refractivity contribution in [1.82, 2.24) is 19.9 Å². The number of carboxylic acids is 2. The van der Waals surface area contributed by atoms with E-state index in [1.54, 1.807) is 6.33 Å². The van der Waals surface area contributed by atoms with Crippen LogP contribution in [0.5, 0.6) is 0 Å². The molecule has 0 bridgehead atoms. The second kappa shape index (κ2) is 22.5. The number of imidazole rings is 1. The van der Waals surface area contributed by atoms with Gasteiger partial charge in [-0.25, -0.2) is 9.97 Å². The number of hydrogen-bond acceptors (Lipinski definition) is 9. The molecule has 0 aliphatic rings. The van der Waals surface area contributed by atoms with Gasteiger partial charge in [0.25, 0.3) is 0 Å². The average molecular weight is 763 g/mol. The van der Waals surface area contributed by atoms with Crippen LogP contribution in [-0.2, 0) is 22.4 Å². The van der Waals surface area contributed by atoms with Crippen LogP contribution in [0, 0.1) is 4.64 Å². The normalized spacial score (nSPS) is 11.8. The second-order valence-corrected chi connectivity index (χ2v) is 12.1. The minimum Gasteiger partial charge on any atom is -0.480 e. The lowest BCUT2D eigenvalue weighted by Crippen LogP contribution is -2.32. The van der Waals surface area contributed by atoms with Crippen LogP contribution in [0.4, 0.5) is 11.4 Å². The van der Waals surface area contributed by atoms with Gasteiger partial charge in [0, 0.05) is 61.1 Å². The molecule has 48 heavy (non-hydrogen) atoms. The van der Waals surface area contributed by atoms with E-state index in [2.05, 4.69) is 29.7 Å². The van der Waals surface area contributed by atoms with E-state index in [1.165, 1.54) is 6.33 Å². The molecule has 2 aromatic carbocycles. The molecule has 0 aliphatic heterocycles. The predicted octanol–water partition coefficient (Wildman–Crippen LogP) is 4.87. The summed E-state index contributed by atoms with van der Waals surface area (Å²) >= 11 is 27.9. The molecule has 17 heteroatoms. The number of rotatable bonds is 16. The molecule has 8 N–H and O–H groups in total. The summed E-state index contributed by atoms with van der Waals surface area (Å²) in [6.07, 6.45) is 3.76. The number of nitrogens with one attached hydrogen (secondary N) is 2. The van der Waals surface area contributed by atoms with Gasteiger partial charge in [-0.15, -0.1) is 46.4 Å². The first kappa shape index (κ1) is 41.0. The number of aliphatic carboxylic acids is 2. The summed E-state index contributed by atoms with van der Waals surface area (Å²) in [6, 6.07) is 13.5. The van der Waals surface area contributed by atoms with Crippen LogP contribution in [0.25, 0.3) is 11.2 Å². The molecule has 2 heterocycles. The van der Waals surface area contributed by atoms with Crippen molar-refractivity contribution in [3.8, 4) is 0 Å². The van der Waals surface area contributed by atoms with Crippen molar-refractivity contribution < 1.29 is 19.8 Å². The summed E-state index contributed by atoms with van der Waals surface area (Å²) in [5.41, 5.74) is 16.4. The molecular weight excluding hydrogens is 722 g/mol. The van der Waals surface area contributed by atoms with E-state index >= 15 is 0 Å². The van der Waals surface area contributed by atoms with Gasteiger partial charge in [-0.05, 0) is 48.2 Å². The van der Waals surface area contributed by atoms with Gasteiger partial charge in [0.05, 0.1) is 12.7 Å². The minimum atomic E-state index is -0.991. The molecule has 262 valence electrons. The average Bonchev–Trinajstić information content (AvgIpc) is 3.56. The zero-order chi connectivity index (χ0) is 35.5. The van der Waals surface area contributed by atoms with Crippen molar-refractivity contribution in [1.29, 1.82) is 0 Å². The lowest BCUT2D eigenvalue weighted by molar-refractivity contribution is -0.139. The number of carboxylic acid groups (broad SMARTS) is 2. The Bertz CT molecular complexity index is 1490. The number of aromatic nitrogens is 4. The molecule has 0 saturated carbocycles. The first-order valence-electron chi connectivity index (χ1n) is 14.8. The van der Waals surface area contributed by atoms with Crippen molar-refractivity contribution in [2.45, 2.75) is 24.9 Å². The molecule has 0 unspecified atom stereocenters. The fraction of sp³-hybridized carbons (Fsp3) is 0.387. The summed E-state index contributed by atoms with van der Waals surface area (Å²) in [5.74, 6) is 0.140. The molecular formula is C31H40Cl4N8O4S. The zero-order valence-electron chi connectivity index (χ0n) is 26.1. The van der Waals surface area contributed by atoms with E-state index in [0.29, 0.717) is 41.0 Å². The number of carbonyl (C=O) groups is 2. The number of anilines is 2. The van der Waals surface area contributed by atoms with E-state index in [1.807, 2.05) is 48.5 Å². The summed E-state index contributed by atoms with van der Waals surface area (Å²) in [5, 5.41) is 17.5. The number of benzene rings is 2. The Morgan fingerprint density at radius 2 is 1.06 bits per heavy atom. The van der Waals surface area contributed by atoms with Crippen LogP contribution in [0.3, 0.4) is 0 Å². The number of nitrogens with two attached hydrogens (primary N) is 2. The maximum atomic E-state index is 10.7. The standard InChI is InChI=1S/2C13H18Cl2N2O2.C5H4N4S/c2*14-5-7-17(8-6-15)11-3-1-10(2-4-11)9-12(16)13(18)19;10-5-3-4(7-1-6-3)8-2-9-5/h2*1-4,12H,5-9,16H2,(H,18,19);1-2H,(H2,6,7,8,9,10)/t2*12-;/m00./s1. The van der Waals surface area contributed by atoms with Crippen molar-refractivity contribution >= 4 is 93.1 Å². The highest BCUT2D eigenvalue weighted by Gasteiger charge is 2.14. The molecule has 2 atom stereocenters. The minimum absolute atomic E-state index is 0.320. The number of hydrogen-bond donors (Lipinski definition) is 6. The highest BCUT2D eigenvalue weighted by atomic mass is 35.5. The van der Waals surface area contributed by atoms with Gasteiger partial charge in [0.1, 0.15) is 17.6 Å². The molecule has 12 nitrogen and oxygen atoms in total. The smallest absolute Gasteiger partial charge is 0.320 e. The van der Waals surface area contributed by atoms with Crippen LogP contribution in [0.2, 0.25) is 0 Å². The summed E-state index contributed by atoms with van der Waals surface area (Å²) in [6.45, 7) is 2.90. The number of nitrogens with zero attached hydrogens (tertiary/aromatic N) is 4. The van der Waals surface area contributed by atoms with Crippen LogP contribution in [0.15, 0.2) is 61.2 Å². The van der Waals surface area contributed by atoms with Gasteiger partial charge < -0.3 is 41.4 Å². The summed E-state index contributed by atoms with van der Waals surface area (Å²) in [7, 11) is 0. The third-order valence-corrected chi connectivity index (χ3v) is 7.79. The van der Waals surface area contributed by atoms with Crippen molar-refractivity contribution in [3.63, 3.8) is 0 Å². The lowest BCUT2D eigenvalue weighted by Gasteiger charge is -2.23.